The third-order valence-corrected chi connectivity index (χ3v) is 3.16. The molecule has 0 radical (unpaired) electrons. The van der Waals surface area contributed by atoms with Gasteiger partial charge in [0.25, 0.3) is 5.88 Å². The van der Waals surface area contributed by atoms with Crippen molar-refractivity contribution in [2.24, 2.45) is 0 Å². The van der Waals surface area contributed by atoms with E-state index in [-0.39, 0.29) is 11.4 Å². The molecule has 1 aromatic heterocycles. The fraction of sp³-hybridized carbons (Fsp3) is 0.182. The summed E-state index contributed by atoms with van der Waals surface area (Å²) in [4.78, 5) is 0. The molecule has 1 heterocycles. The van der Waals surface area contributed by atoms with E-state index in [1.165, 1.54) is 11.6 Å². The molecule has 1 atom stereocenters. The highest BCUT2D eigenvalue weighted by Gasteiger charge is 2.41. The highest BCUT2D eigenvalue weighted by Crippen LogP contribution is 2.29. The van der Waals surface area contributed by atoms with Crippen molar-refractivity contribution in [3.63, 3.8) is 0 Å². The lowest BCUT2D eigenvalue weighted by Crippen LogP contribution is -2.21. The SMILES string of the molecule is Cc1c(OS(=O)C(F)(F)F)nn(-c2ccccc2)c1N. The van der Waals surface area contributed by atoms with Crippen molar-refractivity contribution in [2.75, 3.05) is 5.73 Å². The number of anilines is 1. The number of hydrogen-bond acceptors (Lipinski definition) is 4. The summed E-state index contributed by atoms with van der Waals surface area (Å²) >= 11 is -3.48. The molecule has 0 amide bonds. The molecule has 1 aromatic carbocycles. The lowest BCUT2D eigenvalue weighted by molar-refractivity contribution is -0.0438. The van der Waals surface area contributed by atoms with Crippen LogP contribution in [-0.4, -0.2) is 19.5 Å². The van der Waals surface area contributed by atoms with E-state index in [4.69, 9.17) is 5.73 Å². The Morgan fingerprint density at radius 1 is 1.30 bits per heavy atom. The summed E-state index contributed by atoms with van der Waals surface area (Å²) in [5.74, 6) is -0.299. The number of alkyl halides is 3. The average molecular weight is 305 g/mol. The van der Waals surface area contributed by atoms with E-state index in [1.54, 1.807) is 30.3 Å². The minimum Gasteiger partial charge on any atom is -0.383 e. The van der Waals surface area contributed by atoms with Crippen LogP contribution in [0.5, 0.6) is 5.88 Å². The van der Waals surface area contributed by atoms with Crippen LogP contribution in [0.15, 0.2) is 30.3 Å². The smallest absolute Gasteiger partial charge is 0.383 e. The molecule has 0 bridgehead atoms. The zero-order valence-corrected chi connectivity index (χ0v) is 11.0. The lowest BCUT2D eigenvalue weighted by Gasteiger charge is -2.05. The maximum absolute atomic E-state index is 12.2. The molecular weight excluding hydrogens is 295 g/mol. The van der Waals surface area contributed by atoms with E-state index in [9.17, 15) is 17.4 Å². The van der Waals surface area contributed by atoms with E-state index in [0.717, 1.165) is 0 Å². The molecule has 20 heavy (non-hydrogen) atoms. The topological polar surface area (TPSA) is 70.1 Å². The first kappa shape index (κ1) is 14.4. The quantitative estimate of drug-likeness (QED) is 0.945. The van der Waals surface area contributed by atoms with Crippen molar-refractivity contribution in [3.05, 3.63) is 35.9 Å². The number of nitrogens with two attached hydrogens (primary N) is 1. The van der Waals surface area contributed by atoms with Crippen LogP contribution in [0.25, 0.3) is 5.69 Å². The monoisotopic (exact) mass is 305 g/mol. The van der Waals surface area contributed by atoms with Crippen LogP contribution in [0, 0.1) is 6.92 Å². The van der Waals surface area contributed by atoms with E-state index < -0.39 is 22.5 Å². The predicted octanol–water partition coefficient (Wildman–Crippen LogP) is 2.33. The fourth-order valence-corrected chi connectivity index (χ4v) is 1.85. The summed E-state index contributed by atoms with van der Waals surface area (Å²) in [6.45, 7) is 1.44. The zero-order valence-electron chi connectivity index (χ0n) is 10.2. The first-order valence-corrected chi connectivity index (χ1v) is 6.45. The summed E-state index contributed by atoms with van der Waals surface area (Å²) in [6.07, 6.45) is 0. The second-order valence-electron chi connectivity index (χ2n) is 3.83. The van der Waals surface area contributed by atoms with Gasteiger partial charge in [0.15, 0.2) is 0 Å². The second kappa shape index (κ2) is 5.16. The maximum atomic E-state index is 12.2. The molecule has 2 aromatic rings. The molecule has 2 rings (SSSR count). The van der Waals surface area contributed by atoms with Crippen LogP contribution in [0.4, 0.5) is 19.0 Å². The van der Waals surface area contributed by atoms with Gasteiger partial charge in [0.2, 0.25) is 0 Å². The molecule has 5 nitrogen and oxygen atoms in total. The molecular formula is C11H10F3N3O2S. The molecule has 2 N–H and O–H groups in total. The molecule has 9 heteroatoms. The highest BCUT2D eigenvalue weighted by atomic mass is 32.2. The largest absolute Gasteiger partial charge is 0.508 e. The molecule has 0 saturated heterocycles. The number of halogens is 3. The summed E-state index contributed by atoms with van der Waals surface area (Å²) in [7, 11) is 0. The van der Waals surface area contributed by atoms with Gasteiger partial charge in [-0.15, -0.1) is 5.10 Å². The maximum Gasteiger partial charge on any atom is 0.508 e. The molecule has 0 spiro atoms. The van der Waals surface area contributed by atoms with Gasteiger partial charge >= 0.3 is 16.6 Å². The number of benzene rings is 1. The molecule has 108 valence electrons. The Balaban J connectivity index is 2.36. The van der Waals surface area contributed by atoms with Crippen molar-refractivity contribution in [1.82, 2.24) is 9.78 Å². The number of nitrogens with zero attached hydrogens (tertiary/aromatic N) is 2. The normalized spacial score (nSPS) is 13.2. The molecule has 0 aliphatic rings. The van der Waals surface area contributed by atoms with Gasteiger partial charge in [-0.2, -0.15) is 13.2 Å². The van der Waals surface area contributed by atoms with Gasteiger partial charge in [0.05, 0.1) is 11.3 Å². The Hall–Kier alpha value is -2.03. The Bertz CT molecular complexity index is 640. The number of hydrogen-bond donors (Lipinski definition) is 1. The van der Waals surface area contributed by atoms with Crippen LogP contribution in [0.2, 0.25) is 0 Å². The van der Waals surface area contributed by atoms with E-state index >= 15 is 0 Å². The van der Waals surface area contributed by atoms with Crippen LogP contribution in [0.1, 0.15) is 5.56 Å². The molecule has 0 fully saturated rings. The third kappa shape index (κ3) is 2.77. The van der Waals surface area contributed by atoms with Gasteiger partial charge < -0.3 is 9.92 Å². The summed E-state index contributed by atoms with van der Waals surface area (Å²) in [6, 6.07) is 8.56. The molecule has 0 aliphatic heterocycles. The van der Waals surface area contributed by atoms with Gasteiger partial charge in [-0.05, 0) is 19.1 Å². The average Bonchev–Trinajstić information content (AvgIpc) is 2.67. The minimum atomic E-state index is -4.97. The fourth-order valence-electron chi connectivity index (χ4n) is 1.45. The van der Waals surface area contributed by atoms with Crippen molar-refractivity contribution in [1.29, 1.82) is 0 Å². The van der Waals surface area contributed by atoms with Crippen molar-refractivity contribution in [2.45, 2.75) is 12.4 Å². The van der Waals surface area contributed by atoms with Crippen LogP contribution < -0.4 is 9.92 Å². The van der Waals surface area contributed by atoms with E-state index in [2.05, 4.69) is 9.28 Å². The number of aromatic nitrogens is 2. The Morgan fingerprint density at radius 3 is 2.45 bits per heavy atom. The van der Waals surface area contributed by atoms with Crippen LogP contribution in [-0.2, 0) is 11.1 Å². The van der Waals surface area contributed by atoms with Gasteiger partial charge in [-0.3, -0.25) is 0 Å². The highest BCUT2D eigenvalue weighted by molar-refractivity contribution is 7.81. The minimum absolute atomic E-state index is 0.116. The molecule has 0 saturated carbocycles. The third-order valence-electron chi connectivity index (χ3n) is 2.47. The van der Waals surface area contributed by atoms with Crippen molar-refractivity contribution >= 4 is 16.9 Å². The summed E-state index contributed by atoms with van der Waals surface area (Å²) in [5.41, 5.74) is 1.53. The van der Waals surface area contributed by atoms with Crippen molar-refractivity contribution < 1.29 is 21.6 Å². The lowest BCUT2D eigenvalue weighted by atomic mass is 10.3. The van der Waals surface area contributed by atoms with Gasteiger partial charge in [-0.1, -0.05) is 18.2 Å². The Morgan fingerprint density at radius 2 is 1.90 bits per heavy atom. The molecule has 1 unspecified atom stereocenters. The first-order valence-electron chi connectivity index (χ1n) is 5.38. The van der Waals surface area contributed by atoms with Crippen LogP contribution in [0.3, 0.4) is 0 Å². The summed E-state index contributed by atoms with van der Waals surface area (Å²) < 4.78 is 53.1. The first-order chi connectivity index (χ1) is 9.30. The molecule has 0 aliphatic carbocycles. The van der Waals surface area contributed by atoms with Gasteiger partial charge in [0, 0.05) is 0 Å². The van der Waals surface area contributed by atoms with Gasteiger partial charge in [0.1, 0.15) is 5.82 Å². The second-order valence-corrected chi connectivity index (χ2v) is 4.93. The Labute approximate surface area is 114 Å². The van der Waals surface area contributed by atoms with Crippen molar-refractivity contribution in [3.8, 4) is 11.6 Å². The predicted molar refractivity (Wildman–Crippen MR) is 67.5 cm³/mol. The van der Waals surface area contributed by atoms with E-state index in [1.807, 2.05) is 0 Å². The zero-order chi connectivity index (χ0) is 14.9. The Kier molecular flexibility index (Phi) is 3.71. The van der Waals surface area contributed by atoms with Gasteiger partial charge in [-0.25, -0.2) is 8.89 Å². The van der Waals surface area contributed by atoms with E-state index in [0.29, 0.717) is 5.69 Å². The number of nitrogen functional groups attached to an aromatic ring is 1. The number of rotatable bonds is 3. The standard InChI is InChI=1S/C11H10F3N3O2S/c1-7-9(15)17(8-5-3-2-4-6-8)16-10(7)19-20(18)11(12,13)14/h2-6H,15H2,1H3. The van der Waals surface area contributed by atoms with Crippen LogP contribution >= 0.6 is 0 Å². The summed E-state index contributed by atoms with van der Waals surface area (Å²) in [5, 5.41) is 3.81. The number of para-hydroxylation sites is 1.